The number of aromatic hydroxyl groups is 1. The van der Waals surface area contributed by atoms with Gasteiger partial charge in [-0.2, -0.15) is 0 Å². The second-order valence-corrected chi connectivity index (χ2v) is 6.30. The molecule has 1 aromatic heterocycles. The molecule has 2 aromatic carbocycles. The number of hydrogen-bond donors (Lipinski definition) is 2. The Hall–Kier alpha value is -1.97. The molecule has 0 fully saturated rings. The van der Waals surface area contributed by atoms with Crippen LogP contribution in [0.3, 0.4) is 0 Å². The molecule has 0 aliphatic heterocycles. The van der Waals surface area contributed by atoms with Gasteiger partial charge in [0.2, 0.25) is 0 Å². The van der Waals surface area contributed by atoms with Crippen LogP contribution in [0.2, 0.25) is 10.0 Å². The highest BCUT2D eigenvalue weighted by molar-refractivity contribution is 6.35. The highest BCUT2D eigenvalue weighted by Crippen LogP contribution is 2.26. The van der Waals surface area contributed by atoms with Crippen LogP contribution in [0, 0.1) is 6.92 Å². The first-order valence-electron chi connectivity index (χ1n) is 7.29. The maximum Gasteiger partial charge on any atom is 0.198 e. The maximum absolute atomic E-state index is 10.0. The highest BCUT2D eigenvalue weighted by Gasteiger charge is 2.08. The number of aromatic amines is 1. The maximum atomic E-state index is 10.0. The number of benzene rings is 2. The first kappa shape index (κ1) is 15.9. The molecular formula is C18H16Cl2N2O. The van der Waals surface area contributed by atoms with Crippen molar-refractivity contribution >= 4 is 40.3 Å². The molecule has 0 bridgehead atoms. The summed E-state index contributed by atoms with van der Waals surface area (Å²) in [4.78, 5) is 7.38. The monoisotopic (exact) mass is 346 g/mol. The Labute approximate surface area is 144 Å². The molecule has 23 heavy (non-hydrogen) atoms. The normalized spacial score (nSPS) is 11.6. The predicted molar refractivity (Wildman–Crippen MR) is 97.3 cm³/mol. The van der Waals surface area contributed by atoms with E-state index in [2.05, 4.69) is 9.98 Å². The Morgan fingerprint density at radius 3 is 2.78 bits per heavy atom. The lowest BCUT2D eigenvalue weighted by Gasteiger charge is -2.02. The third kappa shape index (κ3) is 3.52. The molecule has 0 atom stereocenters. The van der Waals surface area contributed by atoms with Crippen LogP contribution >= 0.6 is 23.2 Å². The standard InChI is InChI=1S/C18H16Cl2N2O/c1-11-2-5-14-15(18(23)22-17(14)8-11)10-21-7-6-12-3-4-13(19)9-16(12)20/h2-5,8-10,22-23H,6-7H2,1H3. The number of aryl methyl sites for hydroxylation is 1. The third-order valence-corrected chi connectivity index (χ3v) is 4.31. The van der Waals surface area contributed by atoms with Gasteiger partial charge in [0.15, 0.2) is 5.88 Å². The third-order valence-electron chi connectivity index (χ3n) is 3.72. The van der Waals surface area contributed by atoms with Crippen molar-refractivity contribution in [1.82, 2.24) is 4.98 Å². The minimum absolute atomic E-state index is 0.138. The van der Waals surface area contributed by atoms with E-state index in [1.807, 2.05) is 37.3 Å². The van der Waals surface area contributed by atoms with Gasteiger partial charge in [0.05, 0.1) is 5.56 Å². The number of halogens is 2. The summed E-state index contributed by atoms with van der Waals surface area (Å²) in [5, 5.41) is 12.3. The van der Waals surface area contributed by atoms with Crippen molar-refractivity contribution < 1.29 is 5.11 Å². The average Bonchev–Trinajstić information content (AvgIpc) is 2.80. The van der Waals surface area contributed by atoms with Gasteiger partial charge in [-0.15, -0.1) is 0 Å². The van der Waals surface area contributed by atoms with Crippen molar-refractivity contribution in [2.75, 3.05) is 6.54 Å². The lowest BCUT2D eigenvalue weighted by atomic mass is 10.1. The van der Waals surface area contributed by atoms with Gasteiger partial charge in [-0.25, -0.2) is 0 Å². The minimum Gasteiger partial charge on any atom is -0.494 e. The van der Waals surface area contributed by atoms with Gasteiger partial charge in [0.25, 0.3) is 0 Å². The van der Waals surface area contributed by atoms with Gasteiger partial charge in [0.1, 0.15) is 0 Å². The van der Waals surface area contributed by atoms with E-state index in [1.54, 1.807) is 12.3 Å². The summed E-state index contributed by atoms with van der Waals surface area (Å²) >= 11 is 12.0. The molecule has 1 heterocycles. The van der Waals surface area contributed by atoms with Gasteiger partial charge in [-0.05, 0) is 42.7 Å². The first-order valence-corrected chi connectivity index (χ1v) is 8.05. The zero-order valence-electron chi connectivity index (χ0n) is 12.6. The fourth-order valence-electron chi connectivity index (χ4n) is 2.51. The van der Waals surface area contributed by atoms with Crippen LogP contribution in [0.5, 0.6) is 5.88 Å². The largest absolute Gasteiger partial charge is 0.494 e. The molecule has 0 saturated carbocycles. The Kier molecular flexibility index (Phi) is 4.60. The summed E-state index contributed by atoms with van der Waals surface area (Å²) in [6.07, 6.45) is 2.42. The van der Waals surface area contributed by atoms with E-state index >= 15 is 0 Å². The Morgan fingerprint density at radius 2 is 2.00 bits per heavy atom. The molecule has 0 aliphatic rings. The van der Waals surface area contributed by atoms with Crippen LogP contribution in [-0.4, -0.2) is 22.8 Å². The van der Waals surface area contributed by atoms with Crippen molar-refractivity contribution in [3.63, 3.8) is 0 Å². The molecule has 3 rings (SSSR count). The van der Waals surface area contributed by atoms with Crippen LogP contribution in [0.25, 0.3) is 10.9 Å². The predicted octanol–water partition coefficient (Wildman–Crippen LogP) is 5.15. The molecule has 2 N–H and O–H groups in total. The number of H-pyrrole nitrogens is 1. The number of fused-ring (bicyclic) bond motifs is 1. The van der Waals surface area contributed by atoms with E-state index in [0.29, 0.717) is 28.6 Å². The number of aliphatic imine (C=N–C) groups is 1. The van der Waals surface area contributed by atoms with Gasteiger partial charge in [-0.3, -0.25) is 4.99 Å². The zero-order chi connectivity index (χ0) is 16.4. The summed E-state index contributed by atoms with van der Waals surface area (Å²) in [5.74, 6) is 0.138. The second-order valence-electron chi connectivity index (χ2n) is 5.46. The Morgan fingerprint density at radius 1 is 1.17 bits per heavy atom. The fourth-order valence-corrected chi connectivity index (χ4v) is 3.02. The summed E-state index contributed by atoms with van der Waals surface area (Å²) in [6.45, 7) is 2.60. The molecule has 118 valence electrons. The summed E-state index contributed by atoms with van der Waals surface area (Å²) in [6, 6.07) is 11.5. The van der Waals surface area contributed by atoms with Gasteiger partial charge in [0, 0.05) is 33.7 Å². The number of rotatable bonds is 4. The van der Waals surface area contributed by atoms with Crippen LogP contribution in [0.15, 0.2) is 41.4 Å². The number of nitrogens with one attached hydrogen (secondary N) is 1. The molecule has 5 heteroatoms. The van der Waals surface area contributed by atoms with Gasteiger partial charge in [-0.1, -0.05) is 41.4 Å². The van der Waals surface area contributed by atoms with E-state index in [-0.39, 0.29) is 5.88 Å². The molecule has 3 nitrogen and oxygen atoms in total. The van der Waals surface area contributed by atoms with Crippen LogP contribution in [0.1, 0.15) is 16.7 Å². The lowest BCUT2D eigenvalue weighted by molar-refractivity contribution is 0.457. The molecule has 3 aromatic rings. The topological polar surface area (TPSA) is 48.4 Å². The summed E-state index contributed by atoms with van der Waals surface area (Å²) < 4.78 is 0. The minimum atomic E-state index is 0.138. The van der Waals surface area contributed by atoms with E-state index in [1.165, 1.54) is 0 Å². The molecule has 0 amide bonds. The van der Waals surface area contributed by atoms with E-state index < -0.39 is 0 Å². The van der Waals surface area contributed by atoms with E-state index in [0.717, 1.165) is 22.0 Å². The number of nitrogens with zero attached hydrogens (tertiary/aromatic N) is 1. The number of hydrogen-bond acceptors (Lipinski definition) is 2. The summed E-state index contributed by atoms with van der Waals surface area (Å²) in [7, 11) is 0. The highest BCUT2D eigenvalue weighted by atomic mass is 35.5. The Balaban J connectivity index is 1.74. The smallest absolute Gasteiger partial charge is 0.198 e. The van der Waals surface area contributed by atoms with Crippen LogP contribution in [0.4, 0.5) is 0 Å². The van der Waals surface area contributed by atoms with E-state index in [9.17, 15) is 5.11 Å². The lowest BCUT2D eigenvalue weighted by Crippen LogP contribution is -1.92. The zero-order valence-corrected chi connectivity index (χ0v) is 14.1. The number of aromatic nitrogens is 1. The van der Waals surface area contributed by atoms with Crippen LogP contribution < -0.4 is 0 Å². The molecule has 0 saturated heterocycles. The van der Waals surface area contributed by atoms with E-state index in [4.69, 9.17) is 23.2 Å². The molecule has 0 aliphatic carbocycles. The molecule has 0 radical (unpaired) electrons. The second kappa shape index (κ2) is 6.65. The van der Waals surface area contributed by atoms with Crippen molar-refractivity contribution in [3.05, 3.63) is 63.1 Å². The molecular weight excluding hydrogens is 331 g/mol. The molecule has 0 unspecified atom stereocenters. The average molecular weight is 347 g/mol. The Bertz CT molecular complexity index is 884. The van der Waals surface area contributed by atoms with Crippen molar-refractivity contribution in [2.45, 2.75) is 13.3 Å². The molecule has 0 spiro atoms. The first-order chi connectivity index (χ1) is 11.0. The van der Waals surface area contributed by atoms with Crippen molar-refractivity contribution in [1.29, 1.82) is 0 Å². The quantitative estimate of drug-likeness (QED) is 0.630. The fraction of sp³-hybridized carbons (Fsp3) is 0.167. The van der Waals surface area contributed by atoms with Gasteiger partial charge < -0.3 is 10.1 Å². The SMILES string of the molecule is Cc1ccc2c(C=NCCc3ccc(Cl)cc3Cl)c(O)[nH]c2c1. The van der Waals surface area contributed by atoms with Crippen molar-refractivity contribution in [2.24, 2.45) is 4.99 Å². The van der Waals surface area contributed by atoms with Gasteiger partial charge >= 0.3 is 0 Å². The summed E-state index contributed by atoms with van der Waals surface area (Å²) in [5.41, 5.74) is 3.76. The van der Waals surface area contributed by atoms with Crippen LogP contribution in [-0.2, 0) is 6.42 Å². The van der Waals surface area contributed by atoms with Crippen molar-refractivity contribution in [3.8, 4) is 5.88 Å².